The first-order valence-corrected chi connectivity index (χ1v) is 10.0. The van der Waals surface area contributed by atoms with Crippen molar-refractivity contribution in [3.63, 3.8) is 0 Å². The Morgan fingerprint density at radius 3 is 2.71 bits per heavy atom. The third-order valence-corrected chi connectivity index (χ3v) is 4.81. The molecule has 1 amide bonds. The Bertz CT molecular complexity index is 1080. The molecule has 0 bridgehead atoms. The molecule has 1 aromatic carbocycles. The van der Waals surface area contributed by atoms with Crippen molar-refractivity contribution < 1.29 is 18.9 Å². The molecule has 2 heterocycles. The zero-order chi connectivity index (χ0) is 22.5. The number of carbonyl (C=O) groups excluding carboxylic acids is 1. The maximum absolute atomic E-state index is 12.3. The van der Waals surface area contributed by atoms with Crippen LogP contribution in [0.25, 0.3) is 0 Å². The molecular weight excluding hydrogens is 400 g/mol. The number of nitrogens with one attached hydrogen (secondary N) is 1. The number of hydrogen-bond acceptors (Lipinski definition) is 6. The second kappa shape index (κ2) is 9.46. The minimum Gasteiger partial charge on any atom is -0.485 e. The summed E-state index contributed by atoms with van der Waals surface area (Å²) in [4.78, 5) is 22.6. The van der Waals surface area contributed by atoms with Crippen molar-refractivity contribution in [3.05, 3.63) is 74.9 Å². The van der Waals surface area contributed by atoms with Gasteiger partial charge in [-0.05, 0) is 54.0 Å². The van der Waals surface area contributed by atoms with Gasteiger partial charge in [0.2, 0.25) is 0 Å². The number of amides is 1. The van der Waals surface area contributed by atoms with Crippen molar-refractivity contribution in [2.24, 2.45) is 0 Å². The van der Waals surface area contributed by atoms with E-state index in [-0.39, 0.29) is 30.6 Å². The summed E-state index contributed by atoms with van der Waals surface area (Å²) in [5.41, 5.74) is 2.87. The van der Waals surface area contributed by atoms with Gasteiger partial charge in [-0.1, -0.05) is 26.0 Å². The van der Waals surface area contributed by atoms with Crippen LogP contribution in [-0.4, -0.2) is 27.2 Å². The fourth-order valence-corrected chi connectivity index (χ4v) is 3.14. The summed E-state index contributed by atoms with van der Waals surface area (Å²) in [5, 5.41) is 17.4. The molecule has 0 radical (unpaired) electrons. The third kappa shape index (κ3) is 5.50. The Balaban J connectivity index is 1.54. The molecule has 2 aromatic heterocycles. The van der Waals surface area contributed by atoms with Gasteiger partial charge in [0.05, 0.1) is 23.4 Å². The molecular formula is C22H26N4O5. The van der Waals surface area contributed by atoms with Gasteiger partial charge in [-0.25, -0.2) is 0 Å². The molecule has 0 aliphatic heterocycles. The first-order valence-electron chi connectivity index (χ1n) is 10.0. The quantitative estimate of drug-likeness (QED) is 0.407. The van der Waals surface area contributed by atoms with Crippen LogP contribution < -0.4 is 10.1 Å². The number of nitrogens with zero attached hydrogens (tertiary/aromatic N) is 3. The van der Waals surface area contributed by atoms with Crippen LogP contribution in [0.3, 0.4) is 0 Å². The lowest BCUT2D eigenvalue weighted by molar-refractivity contribution is -0.389. The molecule has 3 aromatic rings. The lowest BCUT2D eigenvalue weighted by Gasteiger charge is -2.14. The number of ether oxygens (including phenoxy) is 1. The average Bonchev–Trinajstić information content (AvgIpc) is 3.33. The van der Waals surface area contributed by atoms with E-state index in [9.17, 15) is 14.9 Å². The third-order valence-electron chi connectivity index (χ3n) is 4.81. The Morgan fingerprint density at radius 2 is 2.03 bits per heavy atom. The van der Waals surface area contributed by atoms with Crippen molar-refractivity contribution in [3.8, 4) is 5.75 Å². The minimum absolute atomic E-state index is 0.176. The van der Waals surface area contributed by atoms with E-state index in [1.165, 1.54) is 10.7 Å². The van der Waals surface area contributed by atoms with E-state index >= 15 is 0 Å². The predicted molar refractivity (Wildman–Crippen MR) is 114 cm³/mol. The lowest BCUT2D eigenvalue weighted by Crippen LogP contribution is -2.27. The Morgan fingerprint density at radius 1 is 1.26 bits per heavy atom. The Hall–Kier alpha value is -3.62. The van der Waals surface area contributed by atoms with Gasteiger partial charge < -0.3 is 24.6 Å². The van der Waals surface area contributed by atoms with Gasteiger partial charge in [0, 0.05) is 6.54 Å². The average molecular weight is 426 g/mol. The number of furan rings is 1. The van der Waals surface area contributed by atoms with Crippen molar-refractivity contribution in [2.45, 2.75) is 46.8 Å². The zero-order valence-corrected chi connectivity index (χ0v) is 18.0. The maximum Gasteiger partial charge on any atom is 0.390 e. The maximum atomic E-state index is 12.3. The van der Waals surface area contributed by atoms with Crippen LogP contribution in [0, 0.1) is 24.0 Å². The van der Waals surface area contributed by atoms with E-state index in [0.29, 0.717) is 23.9 Å². The van der Waals surface area contributed by atoms with Crippen LogP contribution in [0.1, 0.15) is 52.9 Å². The molecule has 0 fully saturated rings. The highest BCUT2D eigenvalue weighted by Crippen LogP contribution is 2.28. The normalized spacial score (nSPS) is 11.0. The molecule has 0 unspecified atom stereocenters. The fraction of sp³-hybridized carbons (Fsp3) is 0.364. The second-order valence-electron chi connectivity index (χ2n) is 7.63. The smallest absolute Gasteiger partial charge is 0.390 e. The molecule has 0 aliphatic carbocycles. The largest absolute Gasteiger partial charge is 0.485 e. The number of carbonyl (C=O) groups is 1. The van der Waals surface area contributed by atoms with Gasteiger partial charge in [-0.15, -0.1) is 0 Å². The topological polar surface area (TPSA) is 112 Å². The van der Waals surface area contributed by atoms with E-state index in [2.05, 4.69) is 36.4 Å². The van der Waals surface area contributed by atoms with Crippen LogP contribution >= 0.6 is 0 Å². The number of aryl methyl sites for hydroxylation is 2. The van der Waals surface area contributed by atoms with Crippen LogP contribution in [0.2, 0.25) is 0 Å². The van der Waals surface area contributed by atoms with Gasteiger partial charge in [0.25, 0.3) is 5.91 Å². The van der Waals surface area contributed by atoms with Gasteiger partial charge in [-0.3, -0.25) is 4.79 Å². The molecule has 9 nitrogen and oxygen atoms in total. The van der Waals surface area contributed by atoms with Crippen LogP contribution in [0.5, 0.6) is 5.75 Å². The first-order chi connectivity index (χ1) is 14.7. The monoisotopic (exact) mass is 426 g/mol. The zero-order valence-electron chi connectivity index (χ0n) is 18.0. The van der Waals surface area contributed by atoms with Crippen LogP contribution in [0.4, 0.5) is 5.82 Å². The Labute approximate surface area is 180 Å². The highest BCUT2D eigenvalue weighted by atomic mass is 16.6. The molecule has 0 saturated heterocycles. The summed E-state index contributed by atoms with van der Waals surface area (Å²) in [6.07, 6.45) is 0. The lowest BCUT2D eigenvalue weighted by atomic mass is 10.0. The van der Waals surface area contributed by atoms with Gasteiger partial charge >= 0.3 is 5.82 Å². The number of nitro groups is 1. The van der Waals surface area contributed by atoms with Crippen molar-refractivity contribution in [1.29, 1.82) is 0 Å². The van der Waals surface area contributed by atoms with E-state index in [0.717, 1.165) is 16.9 Å². The summed E-state index contributed by atoms with van der Waals surface area (Å²) in [7, 11) is 0. The van der Waals surface area contributed by atoms with Gasteiger partial charge in [0.15, 0.2) is 5.76 Å². The summed E-state index contributed by atoms with van der Waals surface area (Å²) < 4.78 is 13.0. The van der Waals surface area contributed by atoms with Crippen LogP contribution in [0.15, 0.2) is 40.8 Å². The molecule has 0 aliphatic rings. The molecule has 31 heavy (non-hydrogen) atoms. The molecule has 1 N–H and O–H groups in total. The van der Waals surface area contributed by atoms with E-state index in [4.69, 9.17) is 9.15 Å². The molecule has 0 spiro atoms. The van der Waals surface area contributed by atoms with E-state index in [1.807, 2.05) is 13.0 Å². The standard InChI is InChI=1S/C22H26N4O5/c1-14(2)18-7-5-15(3)11-20(18)30-13-17-6-8-19(31-17)22(27)23-9-10-25-16(4)12-21(24-25)26(28)29/h5-8,11-12,14H,9-10,13H2,1-4H3,(H,23,27). The number of aromatic nitrogens is 2. The summed E-state index contributed by atoms with van der Waals surface area (Å²) in [6.45, 7) is 8.73. The van der Waals surface area contributed by atoms with Crippen LogP contribution in [-0.2, 0) is 13.2 Å². The SMILES string of the molecule is Cc1ccc(C(C)C)c(OCc2ccc(C(=O)NCCn3nc([N+](=O)[O-])cc3C)o2)c1. The first kappa shape index (κ1) is 22.1. The summed E-state index contributed by atoms with van der Waals surface area (Å²) in [6, 6.07) is 10.8. The van der Waals surface area contributed by atoms with Crippen molar-refractivity contribution >= 4 is 11.7 Å². The molecule has 3 rings (SSSR count). The number of benzene rings is 1. The minimum atomic E-state index is -0.546. The van der Waals surface area contributed by atoms with Crippen molar-refractivity contribution in [2.75, 3.05) is 6.54 Å². The fourth-order valence-electron chi connectivity index (χ4n) is 3.14. The predicted octanol–water partition coefficient (Wildman–Crippen LogP) is 4.13. The molecule has 9 heteroatoms. The van der Waals surface area contributed by atoms with E-state index in [1.54, 1.807) is 19.1 Å². The molecule has 164 valence electrons. The highest BCUT2D eigenvalue weighted by molar-refractivity contribution is 5.91. The van der Waals surface area contributed by atoms with Crippen molar-refractivity contribution in [1.82, 2.24) is 15.1 Å². The molecule has 0 saturated carbocycles. The number of rotatable bonds is 9. The van der Waals surface area contributed by atoms with E-state index < -0.39 is 4.92 Å². The summed E-state index contributed by atoms with van der Waals surface area (Å²) >= 11 is 0. The molecule has 0 atom stereocenters. The second-order valence-corrected chi connectivity index (χ2v) is 7.63. The number of hydrogen-bond donors (Lipinski definition) is 1. The van der Waals surface area contributed by atoms with Gasteiger partial charge in [-0.2, -0.15) is 4.68 Å². The van der Waals surface area contributed by atoms with Gasteiger partial charge in [0.1, 0.15) is 18.1 Å². The Kier molecular flexibility index (Phi) is 6.74. The highest BCUT2D eigenvalue weighted by Gasteiger charge is 2.16. The summed E-state index contributed by atoms with van der Waals surface area (Å²) in [5.74, 6) is 1.27.